The summed E-state index contributed by atoms with van der Waals surface area (Å²) in [6.45, 7) is 4.48. The molecule has 0 atom stereocenters. The molecule has 20 heavy (non-hydrogen) atoms. The highest BCUT2D eigenvalue weighted by Gasteiger charge is 2.10. The molecule has 0 saturated carbocycles. The SMILES string of the molecule is CCCCCC(CCCCC)Nc1ccccc1C#N. The van der Waals surface area contributed by atoms with Gasteiger partial charge in [0.05, 0.1) is 11.3 Å². The summed E-state index contributed by atoms with van der Waals surface area (Å²) in [6.07, 6.45) is 10.1. The monoisotopic (exact) mass is 272 g/mol. The van der Waals surface area contributed by atoms with Crippen LogP contribution in [0.15, 0.2) is 24.3 Å². The van der Waals surface area contributed by atoms with Gasteiger partial charge in [-0.05, 0) is 25.0 Å². The van der Waals surface area contributed by atoms with Gasteiger partial charge in [-0.1, -0.05) is 64.5 Å². The van der Waals surface area contributed by atoms with Crippen molar-refractivity contribution >= 4 is 5.69 Å². The van der Waals surface area contributed by atoms with Crippen molar-refractivity contribution in [2.24, 2.45) is 0 Å². The molecule has 0 fully saturated rings. The first-order valence-corrected chi connectivity index (χ1v) is 8.07. The molecule has 1 aromatic carbocycles. The standard InChI is InChI=1S/C18H28N2/c1-3-5-7-12-17(13-8-6-4-2)20-18-14-10-9-11-16(18)15-19/h9-11,14,17,20H,3-8,12-13H2,1-2H3. The number of anilines is 1. The minimum Gasteiger partial charge on any atom is -0.381 e. The molecule has 1 rings (SSSR count). The van der Waals surface area contributed by atoms with Gasteiger partial charge >= 0.3 is 0 Å². The van der Waals surface area contributed by atoms with Crippen LogP contribution in [-0.2, 0) is 0 Å². The van der Waals surface area contributed by atoms with Crippen molar-refractivity contribution < 1.29 is 0 Å². The maximum absolute atomic E-state index is 9.17. The predicted molar refractivity (Wildman–Crippen MR) is 86.9 cm³/mol. The molecular weight excluding hydrogens is 244 g/mol. The zero-order valence-electron chi connectivity index (χ0n) is 13.0. The fourth-order valence-corrected chi connectivity index (χ4v) is 2.50. The molecule has 0 heterocycles. The Balaban J connectivity index is 2.59. The second-order valence-electron chi connectivity index (χ2n) is 5.49. The lowest BCUT2D eigenvalue weighted by Gasteiger charge is -2.20. The number of para-hydroxylation sites is 1. The summed E-state index contributed by atoms with van der Waals surface area (Å²) >= 11 is 0. The maximum atomic E-state index is 9.17. The molecule has 0 spiro atoms. The summed E-state index contributed by atoms with van der Waals surface area (Å²) in [5, 5.41) is 12.8. The minimum absolute atomic E-state index is 0.502. The molecule has 2 nitrogen and oxygen atoms in total. The number of unbranched alkanes of at least 4 members (excludes halogenated alkanes) is 4. The van der Waals surface area contributed by atoms with E-state index < -0.39 is 0 Å². The Morgan fingerprint density at radius 2 is 1.60 bits per heavy atom. The summed E-state index contributed by atoms with van der Waals surface area (Å²) in [7, 11) is 0. The molecule has 0 aliphatic rings. The van der Waals surface area contributed by atoms with Gasteiger partial charge in [0.2, 0.25) is 0 Å². The highest BCUT2D eigenvalue weighted by molar-refractivity contribution is 5.57. The quantitative estimate of drug-likeness (QED) is 0.571. The maximum Gasteiger partial charge on any atom is 0.101 e. The van der Waals surface area contributed by atoms with Gasteiger partial charge in [-0.15, -0.1) is 0 Å². The third kappa shape index (κ3) is 6.10. The summed E-state index contributed by atoms with van der Waals surface area (Å²) in [5.74, 6) is 0. The molecule has 2 heteroatoms. The second kappa shape index (κ2) is 10.3. The number of benzene rings is 1. The van der Waals surface area contributed by atoms with Crippen LogP contribution < -0.4 is 5.32 Å². The van der Waals surface area contributed by atoms with Gasteiger partial charge < -0.3 is 5.32 Å². The van der Waals surface area contributed by atoms with Crippen LogP contribution in [-0.4, -0.2) is 6.04 Å². The summed E-state index contributed by atoms with van der Waals surface area (Å²) < 4.78 is 0. The molecule has 0 aliphatic heterocycles. The van der Waals surface area contributed by atoms with Crippen LogP contribution in [0, 0.1) is 11.3 Å². The van der Waals surface area contributed by atoms with Gasteiger partial charge in [-0.2, -0.15) is 5.26 Å². The van der Waals surface area contributed by atoms with Crippen LogP contribution >= 0.6 is 0 Å². The summed E-state index contributed by atoms with van der Waals surface area (Å²) in [4.78, 5) is 0. The van der Waals surface area contributed by atoms with Gasteiger partial charge in [0.25, 0.3) is 0 Å². The van der Waals surface area contributed by atoms with Crippen molar-refractivity contribution in [3.05, 3.63) is 29.8 Å². The molecule has 0 aromatic heterocycles. The van der Waals surface area contributed by atoms with Crippen LogP contribution in [0.4, 0.5) is 5.69 Å². The number of rotatable bonds is 10. The third-order valence-corrected chi connectivity index (χ3v) is 3.72. The first-order valence-electron chi connectivity index (χ1n) is 8.07. The van der Waals surface area contributed by atoms with E-state index in [1.807, 2.05) is 24.3 Å². The first kappa shape index (κ1) is 16.6. The van der Waals surface area contributed by atoms with Gasteiger partial charge in [-0.25, -0.2) is 0 Å². The predicted octanol–water partition coefficient (Wildman–Crippen LogP) is 5.50. The highest BCUT2D eigenvalue weighted by Crippen LogP contribution is 2.20. The van der Waals surface area contributed by atoms with Crippen molar-refractivity contribution in [3.63, 3.8) is 0 Å². The first-order chi connectivity index (χ1) is 9.81. The minimum atomic E-state index is 0.502. The van der Waals surface area contributed by atoms with E-state index in [1.54, 1.807) is 0 Å². The second-order valence-corrected chi connectivity index (χ2v) is 5.49. The Labute approximate surface area is 124 Å². The molecule has 0 saturated heterocycles. The van der Waals surface area contributed by atoms with Crippen LogP contribution in [0.1, 0.15) is 70.8 Å². The number of hydrogen-bond donors (Lipinski definition) is 1. The van der Waals surface area contributed by atoms with Crippen LogP contribution in [0.5, 0.6) is 0 Å². The van der Waals surface area contributed by atoms with Crippen molar-refractivity contribution in [3.8, 4) is 6.07 Å². The lowest BCUT2D eigenvalue weighted by atomic mass is 10.0. The lowest BCUT2D eigenvalue weighted by molar-refractivity contribution is 0.526. The van der Waals surface area contributed by atoms with Crippen LogP contribution in [0.3, 0.4) is 0 Å². The average molecular weight is 272 g/mol. The molecular formula is C18H28N2. The average Bonchev–Trinajstić information content (AvgIpc) is 2.48. The Morgan fingerprint density at radius 3 is 2.15 bits per heavy atom. The Hall–Kier alpha value is -1.49. The topological polar surface area (TPSA) is 35.8 Å². The van der Waals surface area contributed by atoms with E-state index in [0.717, 1.165) is 11.3 Å². The van der Waals surface area contributed by atoms with E-state index in [-0.39, 0.29) is 0 Å². The van der Waals surface area contributed by atoms with Crippen molar-refractivity contribution in [1.82, 2.24) is 0 Å². The van der Waals surface area contributed by atoms with Crippen LogP contribution in [0.25, 0.3) is 0 Å². The van der Waals surface area contributed by atoms with E-state index in [4.69, 9.17) is 5.26 Å². The largest absolute Gasteiger partial charge is 0.381 e. The fourth-order valence-electron chi connectivity index (χ4n) is 2.50. The molecule has 1 aromatic rings. The molecule has 0 amide bonds. The number of hydrogen-bond acceptors (Lipinski definition) is 2. The van der Waals surface area contributed by atoms with E-state index in [0.29, 0.717) is 6.04 Å². The number of nitrogens with one attached hydrogen (secondary N) is 1. The molecule has 1 N–H and O–H groups in total. The van der Waals surface area contributed by atoms with Gasteiger partial charge in [-0.3, -0.25) is 0 Å². The molecule has 110 valence electrons. The molecule has 0 radical (unpaired) electrons. The van der Waals surface area contributed by atoms with Gasteiger partial charge in [0, 0.05) is 6.04 Å². The smallest absolute Gasteiger partial charge is 0.101 e. The van der Waals surface area contributed by atoms with Gasteiger partial charge in [0.1, 0.15) is 6.07 Å². The number of nitrogens with zero attached hydrogens (tertiary/aromatic N) is 1. The van der Waals surface area contributed by atoms with Gasteiger partial charge in [0.15, 0.2) is 0 Å². The molecule has 0 aliphatic carbocycles. The van der Waals surface area contributed by atoms with E-state index in [2.05, 4.69) is 25.2 Å². The van der Waals surface area contributed by atoms with E-state index in [9.17, 15) is 0 Å². The zero-order valence-corrected chi connectivity index (χ0v) is 13.0. The molecule has 0 bridgehead atoms. The normalized spacial score (nSPS) is 10.5. The van der Waals surface area contributed by atoms with Crippen molar-refractivity contribution in [2.45, 2.75) is 71.3 Å². The zero-order chi connectivity index (χ0) is 14.6. The van der Waals surface area contributed by atoms with Crippen LogP contribution in [0.2, 0.25) is 0 Å². The number of nitriles is 1. The summed E-state index contributed by atoms with van der Waals surface area (Å²) in [5.41, 5.74) is 1.75. The molecule has 0 unspecified atom stereocenters. The summed E-state index contributed by atoms with van der Waals surface area (Å²) in [6, 6.07) is 10.6. The Kier molecular flexibility index (Phi) is 8.54. The van der Waals surface area contributed by atoms with Crippen molar-refractivity contribution in [1.29, 1.82) is 5.26 Å². The van der Waals surface area contributed by atoms with E-state index >= 15 is 0 Å². The Morgan fingerprint density at radius 1 is 1.00 bits per heavy atom. The van der Waals surface area contributed by atoms with Crippen molar-refractivity contribution in [2.75, 3.05) is 5.32 Å². The Bertz CT molecular complexity index is 396. The third-order valence-electron chi connectivity index (χ3n) is 3.72. The fraction of sp³-hybridized carbons (Fsp3) is 0.611. The lowest BCUT2D eigenvalue weighted by Crippen LogP contribution is -2.20. The van der Waals surface area contributed by atoms with E-state index in [1.165, 1.54) is 51.4 Å². The highest BCUT2D eigenvalue weighted by atomic mass is 14.9.